The molecule has 0 radical (unpaired) electrons. The summed E-state index contributed by atoms with van der Waals surface area (Å²) in [5.74, 6) is -1.36. The van der Waals surface area contributed by atoms with Crippen LogP contribution in [0, 0.1) is 0 Å². The summed E-state index contributed by atoms with van der Waals surface area (Å²) in [6.45, 7) is 1.19. The quantitative estimate of drug-likeness (QED) is 0.453. The molecule has 0 saturated carbocycles. The summed E-state index contributed by atoms with van der Waals surface area (Å²) < 4.78 is 28.0. The lowest BCUT2D eigenvalue weighted by Crippen LogP contribution is -2.20. The minimum absolute atomic E-state index is 0.0161. The van der Waals surface area contributed by atoms with E-state index >= 15 is 0 Å². The fourth-order valence-corrected chi connectivity index (χ4v) is 3.14. The average molecular weight is 426 g/mol. The van der Waals surface area contributed by atoms with Gasteiger partial charge in [0, 0.05) is 5.56 Å². The number of nitrogens with zero attached hydrogens (tertiary/aromatic N) is 1. The van der Waals surface area contributed by atoms with Crippen LogP contribution in [-0.4, -0.2) is 37.7 Å². The molecule has 0 saturated heterocycles. The van der Waals surface area contributed by atoms with Gasteiger partial charge in [0.15, 0.2) is 6.61 Å². The molecule has 28 heavy (non-hydrogen) atoms. The van der Waals surface area contributed by atoms with Gasteiger partial charge in [0.2, 0.25) is 10.0 Å². The van der Waals surface area contributed by atoms with Gasteiger partial charge in [-0.1, -0.05) is 11.6 Å². The van der Waals surface area contributed by atoms with Gasteiger partial charge in [0.25, 0.3) is 5.91 Å². The molecule has 11 heteroatoms. The molecule has 2 rings (SSSR count). The largest absolute Gasteiger partial charge is 0.482 e. The number of hydrogen-bond donors (Lipinski definition) is 3. The number of carboxylic acids is 1. The first kappa shape index (κ1) is 21.4. The van der Waals surface area contributed by atoms with Gasteiger partial charge in [-0.2, -0.15) is 5.10 Å². The average Bonchev–Trinajstić information content (AvgIpc) is 2.64. The van der Waals surface area contributed by atoms with E-state index in [2.05, 4.69) is 10.5 Å². The topological polar surface area (TPSA) is 148 Å². The number of carboxylic acid groups (broad SMARTS) is 1. The fourth-order valence-electron chi connectivity index (χ4n) is 2.06. The molecular weight excluding hydrogens is 410 g/mol. The normalized spacial score (nSPS) is 11.8. The SMILES string of the molecule is C/C(=N\NC(=O)c1ccc(Cl)c(S(N)(=O)=O)c1)c1ccc(OCC(=O)O)cc1. The summed E-state index contributed by atoms with van der Waals surface area (Å²) in [5, 5.41) is 17.5. The van der Waals surface area contributed by atoms with Gasteiger partial charge in [-0.3, -0.25) is 4.79 Å². The minimum atomic E-state index is -4.07. The van der Waals surface area contributed by atoms with Crippen LogP contribution in [0.4, 0.5) is 0 Å². The van der Waals surface area contributed by atoms with Gasteiger partial charge < -0.3 is 9.84 Å². The van der Waals surface area contributed by atoms with Crippen molar-refractivity contribution >= 4 is 39.2 Å². The Hall–Kier alpha value is -2.95. The molecule has 9 nitrogen and oxygen atoms in total. The van der Waals surface area contributed by atoms with Crippen LogP contribution in [0.2, 0.25) is 5.02 Å². The zero-order valence-corrected chi connectivity index (χ0v) is 16.1. The van der Waals surface area contributed by atoms with Gasteiger partial charge in [0.1, 0.15) is 10.6 Å². The summed E-state index contributed by atoms with van der Waals surface area (Å²) in [6.07, 6.45) is 0. The molecule has 2 aromatic rings. The highest BCUT2D eigenvalue weighted by molar-refractivity contribution is 7.89. The van der Waals surface area contributed by atoms with Crippen molar-refractivity contribution in [3.63, 3.8) is 0 Å². The Kier molecular flexibility index (Phi) is 6.73. The number of rotatable bonds is 7. The van der Waals surface area contributed by atoms with E-state index in [1.165, 1.54) is 12.1 Å². The summed E-state index contributed by atoms with van der Waals surface area (Å²) in [6, 6.07) is 10.1. The van der Waals surface area contributed by atoms with Crippen LogP contribution < -0.4 is 15.3 Å². The van der Waals surface area contributed by atoms with Crippen LogP contribution in [0.25, 0.3) is 0 Å². The second-order valence-electron chi connectivity index (χ2n) is 5.54. The second-order valence-corrected chi connectivity index (χ2v) is 7.47. The van der Waals surface area contributed by atoms with Crippen LogP contribution in [0.3, 0.4) is 0 Å². The smallest absolute Gasteiger partial charge is 0.341 e. The lowest BCUT2D eigenvalue weighted by atomic mass is 10.1. The van der Waals surface area contributed by atoms with E-state index in [0.29, 0.717) is 17.0 Å². The van der Waals surface area contributed by atoms with E-state index in [1.54, 1.807) is 31.2 Å². The number of hydrogen-bond acceptors (Lipinski definition) is 6. The summed E-state index contributed by atoms with van der Waals surface area (Å²) in [4.78, 5) is 22.3. The van der Waals surface area contributed by atoms with Crippen LogP contribution >= 0.6 is 11.6 Å². The van der Waals surface area contributed by atoms with Gasteiger partial charge in [-0.25, -0.2) is 23.8 Å². The van der Waals surface area contributed by atoms with Crippen molar-refractivity contribution in [1.29, 1.82) is 0 Å². The van der Waals surface area contributed by atoms with Crippen molar-refractivity contribution in [3.8, 4) is 5.75 Å². The van der Waals surface area contributed by atoms with Crippen LogP contribution in [-0.2, 0) is 14.8 Å². The molecular formula is C17H16ClN3O6S. The van der Waals surface area contributed by atoms with Crippen molar-refractivity contribution in [3.05, 3.63) is 58.6 Å². The van der Waals surface area contributed by atoms with E-state index < -0.39 is 28.5 Å². The predicted octanol–water partition coefficient (Wildman–Crippen LogP) is 1.60. The Morgan fingerprint density at radius 1 is 1.18 bits per heavy atom. The zero-order chi connectivity index (χ0) is 20.9. The highest BCUT2D eigenvalue weighted by atomic mass is 35.5. The van der Waals surface area contributed by atoms with Crippen LogP contribution in [0.5, 0.6) is 5.75 Å². The number of aliphatic carboxylic acids is 1. The van der Waals surface area contributed by atoms with Crippen LogP contribution in [0.15, 0.2) is 52.5 Å². The summed E-state index contributed by atoms with van der Waals surface area (Å²) in [7, 11) is -4.07. The number of benzene rings is 2. The molecule has 0 fully saturated rings. The highest BCUT2D eigenvalue weighted by Crippen LogP contribution is 2.21. The number of carbonyl (C=O) groups excluding carboxylic acids is 1. The Bertz CT molecular complexity index is 1040. The molecule has 0 unspecified atom stereocenters. The number of amides is 1. The van der Waals surface area contributed by atoms with Gasteiger partial charge in [0.05, 0.1) is 10.7 Å². The number of hydrazone groups is 1. The van der Waals surface area contributed by atoms with Gasteiger partial charge in [-0.15, -0.1) is 0 Å². The van der Waals surface area contributed by atoms with Crippen molar-refractivity contribution in [2.24, 2.45) is 10.2 Å². The molecule has 0 aliphatic carbocycles. The summed E-state index contributed by atoms with van der Waals surface area (Å²) >= 11 is 5.78. The molecule has 0 aliphatic rings. The Morgan fingerprint density at radius 2 is 1.79 bits per heavy atom. The Labute approximate surface area is 165 Å². The highest BCUT2D eigenvalue weighted by Gasteiger charge is 2.16. The Morgan fingerprint density at radius 3 is 2.36 bits per heavy atom. The van der Waals surface area contributed by atoms with Crippen molar-refractivity contribution in [1.82, 2.24) is 5.43 Å². The first-order valence-corrected chi connectivity index (χ1v) is 9.62. The molecule has 1 amide bonds. The lowest BCUT2D eigenvalue weighted by Gasteiger charge is -2.07. The number of carbonyl (C=O) groups is 2. The third kappa shape index (κ3) is 5.78. The Balaban J connectivity index is 2.10. The maximum Gasteiger partial charge on any atom is 0.341 e. The summed E-state index contributed by atoms with van der Waals surface area (Å²) in [5.41, 5.74) is 3.44. The number of sulfonamides is 1. The maximum atomic E-state index is 12.2. The monoisotopic (exact) mass is 425 g/mol. The zero-order valence-electron chi connectivity index (χ0n) is 14.5. The molecule has 4 N–H and O–H groups in total. The van der Waals surface area contributed by atoms with E-state index in [4.69, 9.17) is 26.6 Å². The number of nitrogens with one attached hydrogen (secondary N) is 1. The van der Waals surface area contributed by atoms with Crippen molar-refractivity contribution in [2.45, 2.75) is 11.8 Å². The second kappa shape index (κ2) is 8.83. The van der Waals surface area contributed by atoms with Gasteiger partial charge >= 0.3 is 5.97 Å². The molecule has 0 aromatic heterocycles. The van der Waals surface area contributed by atoms with Crippen molar-refractivity contribution < 1.29 is 27.9 Å². The number of nitrogens with two attached hydrogens (primary N) is 1. The maximum absolute atomic E-state index is 12.2. The molecule has 0 atom stereocenters. The van der Waals surface area contributed by atoms with E-state index in [0.717, 1.165) is 6.07 Å². The third-order valence-corrected chi connectivity index (χ3v) is 4.85. The first-order chi connectivity index (χ1) is 13.1. The van der Waals surface area contributed by atoms with Crippen molar-refractivity contribution in [2.75, 3.05) is 6.61 Å². The van der Waals surface area contributed by atoms with Crippen LogP contribution in [0.1, 0.15) is 22.8 Å². The number of primary sulfonamides is 1. The van der Waals surface area contributed by atoms with E-state index in [1.807, 2.05) is 0 Å². The molecule has 2 aromatic carbocycles. The molecule has 148 valence electrons. The number of ether oxygens (including phenoxy) is 1. The van der Waals surface area contributed by atoms with E-state index in [-0.39, 0.29) is 15.5 Å². The third-order valence-electron chi connectivity index (χ3n) is 3.46. The van der Waals surface area contributed by atoms with Gasteiger partial charge in [-0.05, 0) is 55.0 Å². The lowest BCUT2D eigenvalue weighted by molar-refractivity contribution is -0.139. The molecule has 0 aliphatic heterocycles. The molecule has 0 bridgehead atoms. The molecule has 0 spiro atoms. The predicted molar refractivity (Wildman–Crippen MR) is 102 cm³/mol. The first-order valence-electron chi connectivity index (χ1n) is 7.70. The van der Waals surface area contributed by atoms with E-state index in [9.17, 15) is 18.0 Å². The minimum Gasteiger partial charge on any atom is -0.482 e. The fraction of sp³-hybridized carbons (Fsp3) is 0.118. The number of halogens is 1. The standard InChI is InChI=1S/C17H16ClN3O6S/c1-10(11-2-5-13(6-3-11)27-9-16(22)23)20-21-17(24)12-4-7-14(18)15(8-12)28(19,25)26/h2-8H,9H2,1H3,(H,21,24)(H,22,23)(H2,19,25,26)/b20-10+. The molecule has 0 heterocycles.